The number of halogens is 1. The molecule has 1 aromatic carbocycles. The number of aliphatic hydroxyl groups is 1. The second kappa shape index (κ2) is 11.8. The number of rotatable bonds is 9. The number of hydrogen-bond acceptors (Lipinski definition) is 6. The van der Waals surface area contributed by atoms with E-state index in [9.17, 15) is 0 Å². The fourth-order valence-electron chi connectivity index (χ4n) is 2.71. The topological polar surface area (TPSA) is 101 Å². The van der Waals surface area contributed by atoms with Gasteiger partial charge in [-0.3, -0.25) is 4.99 Å². The number of aliphatic imine (C=N–C) groups is 2. The van der Waals surface area contributed by atoms with Gasteiger partial charge in [-0.1, -0.05) is 49.1 Å². The van der Waals surface area contributed by atoms with Crippen molar-refractivity contribution in [3.63, 3.8) is 0 Å². The van der Waals surface area contributed by atoms with E-state index in [2.05, 4.69) is 52.7 Å². The Morgan fingerprint density at radius 1 is 1.43 bits per heavy atom. The molecule has 9 heteroatoms. The first-order chi connectivity index (χ1) is 14.4. The van der Waals surface area contributed by atoms with Crippen LogP contribution in [0.4, 0.5) is 5.82 Å². The van der Waals surface area contributed by atoms with Crippen molar-refractivity contribution in [3.05, 3.63) is 34.5 Å². The summed E-state index contributed by atoms with van der Waals surface area (Å²) in [4.78, 5) is 13.8. The molecule has 0 spiro atoms. The first kappa shape index (κ1) is 24.0. The van der Waals surface area contributed by atoms with Crippen molar-refractivity contribution in [2.75, 3.05) is 20.2 Å². The van der Waals surface area contributed by atoms with Gasteiger partial charge < -0.3 is 20.7 Å². The monoisotopic (exact) mass is 446 g/mol. The summed E-state index contributed by atoms with van der Waals surface area (Å²) in [6.45, 7) is 9.27. The van der Waals surface area contributed by atoms with Crippen LogP contribution < -0.4 is 11.1 Å². The van der Waals surface area contributed by atoms with Crippen LogP contribution in [0.15, 0.2) is 38.2 Å². The number of imidazole rings is 1. The Morgan fingerprint density at radius 2 is 2.20 bits per heavy atom. The minimum atomic E-state index is -0.211. The van der Waals surface area contributed by atoms with E-state index in [4.69, 9.17) is 22.4 Å². The lowest BCUT2D eigenvalue weighted by Crippen LogP contribution is -2.24. The predicted octanol–water partition coefficient (Wildman–Crippen LogP) is 3.09. The maximum absolute atomic E-state index is 8.94. The molecule has 0 bridgehead atoms. The Labute approximate surface area is 186 Å². The normalized spacial score (nSPS) is 11.5. The molecule has 160 valence electrons. The van der Waals surface area contributed by atoms with Crippen LogP contribution in [0, 0.1) is 11.8 Å². The second-order valence-corrected chi connectivity index (χ2v) is 8.16. The van der Waals surface area contributed by atoms with E-state index in [1.165, 1.54) is 11.8 Å². The molecule has 0 fully saturated rings. The first-order valence-electron chi connectivity index (χ1n) is 9.51. The van der Waals surface area contributed by atoms with Gasteiger partial charge in [0.05, 0.1) is 0 Å². The van der Waals surface area contributed by atoms with Crippen molar-refractivity contribution in [1.82, 2.24) is 14.9 Å². The summed E-state index contributed by atoms with van der Waals surface area (Å²) in [6.07, 6.45) is 0.885. The largest absolute Gasteiger partial charge is 0.384 e. The van der Waals surface area contributed by atoms with Crippen LogP contribution in [0.5, 0.6) is 0 Å². The average Bonchev–Trinajstić information content (AvgIpc) is 3.05. The summed E-state index contributed by atoms with van der Waals surface area (Å²) < 4.78 is 1.99. The van der Waals surface area contributed by atoms with Crippen LogP contribution in [0.3, 0.4) is 0 Å². The maximum Gasteiger partial charge on any atom is 0.175 e. The minimum absolute atomic E-state index is 0.211. The summed E-state index contributed by atoms with van der Waals surface area (Å²) in [5.41, 5.74) is 7.27. The number of nitrogens with two attached hydrogens (primary N) is 1. The van der Waals surface area contributed by atoms with Gasteiger partial charge in [0.15, 0.2) is 16.7 Å². The molecular weight excluding hydrogens is 420 g/mol. The van der Waals surface area contributed by atoms with Crippen LogP contribution >= 0.6 is 23.4 Å². The van der Waals surface area contributed by atoms with Gasteiger partial charge in [-0.15, -0.1) is 0 Å². The Kier molecular flexibility index (Phi) is 9.40. The summed E-state index contributed by atoms with van der Waals surface area (Å²) in [6, 6.07) is 5.91. The predicted molar refractivity (Wildman–Crippen MR) is 125 cm³/mol. The summed E-state index contributed by atoms with van der Waals surface area (Å²) in [5.74, 6) is 6.41. The van der Waals surface area contributed by atoms with Crippen molar-refractivity contribution in [2.24, 2.45) is 15.7 Å². The maximum atomic E-state index is 8.94. The third-order valence-corrected chi connectivity index (χ3v) is 5.23. The van der Waals surface area contributed by atoms with Gasteiger partial charge in [-0.25, -0.2) is 9.98 Å². The van der Waals surface area contributed by atoms with Crippen molar-refractivity contribution in [2.45, 2.75) is 42.9 Å². The van der Waals surface area contributed by atoms with Gasteiger partial charge in [0.1, 0.15) is 12.4 Å². The van der Waals surface area contributed by atoms with Crippen LogP contribution in [0.25, 0.3) is 0 Å². The quantitative estimate of drug-likeness (QED) is 0.238. The standard InChI is InChI=1S/C21H27ClN6OS/c1-14(2)26-8-6-9-28-20(25-4)18(19(23)24-3)27-21(28)30-17-12-15(7-5-10-29)11-16(22)13-17/h11-14,26,29H,4,6,8-10H2,1-3H3,(H2,23,24). The van der Waals surface area contributed by atoms with E-state index in [0.717, 1.165) is 23.4 Å². The third-order valence-electron chi connectivity index (χ3n) is 4.04. The fraction of sp³-hybridized carbons (Fsp3) is 0.381. The van der Waals surface area contributed by atoms with Crippen molar-refractivity contribution in [3.8, 4) is 11.8 Å². The molecule has 0 aliphatic rings. The Morgan fingerprint density at radius 3 is 2.83 bits per heavy atom. The van der Waals surface area contributed by atoms with E-state index in [1.54, 1.807) is 13.1 Å². The van der Waals surface area contributed by atoms with Gasteiger partial charge >= 0.3 is 0 Å². The number of amidine groups is 1. The Bertz CT molecular complexity index is 974. The average molecular weight is 447 g/mol. The second-order valence-electron chi connectivity index (χ2n) is 6.69. The molecule has 4 N–H and O–H groups in total. The Balaban J connectivity index is 2.41. The molecule has 2 rings (SSSR count). The molecule has 2 aromatic rings. The molecule has 0 aliphatic heterocycles. The van der Waals surface area contributed by atoms with Gasteiger partial charge in [-0.05, 0) is 37.9 Å². The van der Waals surface area contributed by atoms with E-state index in [0.29, 0.717) is 40.1 Å². The van der Waals surface area contributed by atoms with Gasteiger partial charge in [0.2, 0.25) is 0 Å². The molecule has 1 aromatic heterocycles. The summed E-state index contributed by atoms with van der Waals surface area (Å²) >= 11 is 7.69. The summed E-state index contributed by atoms with van der Waals surface area (Å²) in [5, 5.41) is 13.6. The highest BCUT2D eigenvalue weighted by molar-refractivity contribution is 7.99. The molecule has 0 aliphatic carbocycles. The molecule has 0 unspecified atom stereocenters. The van der Waals surface area contributed by atoms with Crippen LogP contribution in [-0.2, 0) is 6.54 Å². The number of nitrogens with one attached hydrogen (secondary N) is 1. The zero-order valence-corrected chi connectivity index (χ0v) is 19.0. The number of benzene rings is 1. The lowest BCUT2D eigenvalue weighted by atomic mass is 10.2. The van der Waals surface area contributed by atoms with Crippen LogP contribution in [0.2, 0.25) is 5.02 Å². The van der Waals surface area contributed by atoms with Crippen molar-refractivity contribution >= 4 is 41.7 Å². The zero-order valence-electron chi connectivity index (χ0n) is 17.4. The minimum Gasteiger partial charge on any atom is -0.384 e. The number of aliphatic hydroxyl groups excluding tert-OH is 1. The molecule has 0 saturated carbocycles. The third kappa shape index (κ3) is 6.61. The number of hydrogen-bond donors (Lipinski definition) is 3. The fourth-order valence-corrected chi connectivity index (χ4v) is 4.02. The van der Waals surface area contributed by atoms with E-state index in [-0.39, 0.29) is 6.61 Å². The summed E-state index contributed by atoms with van der Waals surface area (Å²) in [7, 11) is 1.61. The lowest BCUT2D eigenvalue weighted by molar-refractivity contribution is 0.350. The number of aromatic nitrogens is 2. The molecule has 0 atom stereocenters. The highest BCUT2D eigenvalue weighted by Crippen LogP contribution is 2.34. The highest BCUT2D eigenvalue weighted by atomic mass is 35.5. The van der Waals surface area contributed by atoms with Crippen LogP contribution in [-0.4, -0.2) is 53.5 Å². The van der Waals surface area contributed by atoms with Gasteiger partial charge in [0.25, 0.3) is 0 Å². The van der Waals surface area contributed by atoms with E-state index in [1.807, 2.05) is 16.7 Å². The lowest BCUT2D eigenvalue weighted by Gasteiger charge is -2.12. The van der Waals surface area contributed by atoms with Crippen LogP contribution in [0.1, 0.15) is 31.5 Å². The van der Waals surface area contributed by atoms with Gasteiger partial charge in [0, 0.05) is 35.1 Å². The molecule has 7 nitrogen and oxygen atoms in total. The SMILES string of the molecule is C=Nc1c(/C(N)=N\C)nc(Sc2cc(Cl)cc(C#CCO)c2)n1CCCNC(C)C. The molecule has 0 saturated heterocycles. The molecular formula is C21H27ClN6OS. The molecule has 1 heterocycles. The van der Waals surface area contributed by atoms with Crippen molar-refractivity contribution in [1.29, 1.82) is 0 Å². The Hall–Kier alpha value is -2.31. The molecule has 30 heavy (non-hydrogen) atoms. The first-order valence-corrected chi connectivity index (χ1v) is 10.7. The smallest absolute Gasteiger partial charge is 0.175 e. The number of nitrogens with zero attached hydrogens (tertiary/aromatic N) is 4. The highest BCUT2D eigenvalue weighted by Gasteiger charge is 2.20. The van der Waals surface area contributed by atoms with Crippen molar-refractivity contribution < 1.29 is 5.11 Å². The molecule has 0 amide bonds. The van der Waals surface area contributed by atoms with Gasteiger partial charge in [-0.2, -0.15) is 0 Å². The zero-order chi connectivity index (χ0) is 22.1. The van der Waals surface area contributed by atoms with E-state index >= 15 is 0 Å². The van der Waals surface area contributed by atoms with E-state index < -0.39 is 0 Å². The molecule has 0 radical (unpaired) electrons.